The number of rotatable bonds is 8. The molecule has 258 valence electrons. The maximum atomic E-state index is 14.8. The number of carbonyl (C=O) groups is 2. The van der Waals surface area contributed by atoms with Gasteiger partial charge in [-0.1, -0.05) is 30.3 Å². The van der Waals surface area contributed by atoms with E-state index in [0.29, 0.717) is 25.0 Å². The molecule has 7 nitrogen and oxygen atoms in total. The second-order valence-electron chi connectivity index (χ2n) is 13.9. The average Bonchev–Trinajstić information content (AvgIpc) is 3.58. The number of ether oxygens (including phenoxy) is 2. The van der Waals surface area contributed by atoms with E-state index in [4.69, 9.17) is 9.47 Å². The summed E-state index contributed by atoms with van der Waals surface area (Å²) in [5, 5.41) is 2.47. The molecule has 3 heterocycles. The van der Waals surface area contributed by atoms with Gasteiger partial charge in [0.25, 0.3) is 0 Å². The molecule has 3 aliphatic rings. The minimum atomic E-state index is -4.73. The van der Waals surface area contributed by atoms with E-state index in [0.717, 1.165) is 77.7 Å². The third-order valence-electron chi connectivity index (χ3n) is 10.7. The molecule has 0 spiro atoms. The number of imidazole rings is 1. The lowest BCUT2D eigenvalue weighted by Crippen LogP contribution is -2.43. The van der Waals surface area contributed by atoms with E-state index in [1.807, 2.05) is 61.0 Å². The predicted molar refractivity (Wildman–Crippen MR) is 176 cm³/mol. The van der Waals surface area contributed by atoms with Crippen molar-refractivity contribution in [3.05, 3.63) is 83.4 Å². The van der Waals surface area contributed by atoms with E-state index < -0.39 is 35.3 Å². The van der Waals surface area contributed by atoms with Crippen LogP contribution in [-0.4, -0.2) is 46.7 Å². The number of nitrogens with one attached hydrogen (secondary N) is 1. The number of aryl methyl sites for hydroxylation is 2. The summed E-state index contributed by atoms with van der Waals surface area (Å²) in [6.45, 7) is 2.47. The highest BCUT2D eigenvalue weighted by atomic mass is 19.4. The summed E-state index contributed by atoms with van der Waals surface area (Å²) in [5.41, 5.74) is 3.24. The molecule has 1 aliphatic carbocycles. The number of aldehydes is 1. The first-order chi connectivity index (χ1) is 23.5. The fourth-order valence-electron chi connectivity index (χ4n) is 8.04. The third kappa shape index (κ3) is 6.88. The van der Waals surface area contributed by atoms with Gasteiger partial charge in [0, 0.05) is 19.6 Å². The first-order valence-electron chi connectivity index (χ1n) is 16.9. The van der Waals surface area contributed by atoms with Crippen LogP contribution in [0.3, 0.4) is 0 Å². The van der Waals surface area contributed by atoms with Gasteiger partial charge in [-0.3, -0.25) is 4.79 Å². The zero-order chi connectivity index (χ0) is 34.4. The van der Waals surface area contributed by atoms with E-state index >= 15 is 0 Å². The van der Waals surface area contributed by atoms with Crippen LogP contribution in [-0.2, 0) is 32.3 Å². The third-order valence-corrected chi connectivity index (χ3v) is 10.7. The van der Waals surface area contributed by atoms with Crippen molar-refractivity contribution in [2.45, 2.75) is 75.9 Å². The molecule has 2 bridgehead atoms. The van der Waals surface area contributed by atoms with Gasteiger partial charge in [-0.05, 0) is 104 Å². The summed E-state index contributed by atoms with van der Waals surface area (Å²) >= 11 is 0. The van der Waals surface area contributed by atoms with Crippen molar-refractivity contribution in [1.82, 2.24) is 9.55 Å². The van der Waals surface area contributed by atoms with E-state index in [1.165, 1.54) is 0 Å². The normalized spacial score (nSPS) is 26.9. The van der Waals surface area contributed by atoms with Gasteiger partial charge in [0.1, 0.15) is 17.9 Å². The number of halogens is 4. The van der Waals surface area contributed by atoms with Crippen molar-refractivity contribution in [3.63, 3.8) is 0 Å². The Balaban J connectivity index is 1.14. The molecule has 7 rings (SSSR count). The predicted octanol–water partition coefficient (Wildman–Crippen LogP) is 8.00. The Morgan fingerprint density at radius 3 is 2.39 bits per heavy atom. The molecule has 5 unspecified atom stereocenters. The largest absolute Gasteiger partial charge is 0.416 e. The summed E-state index contributed by atoms with van der Waals surface area (Å²) in [6.07, 6.45) is 0.897. The average molecular weight is 678 g/mol. The van der Waals surface area contributed by atoms with Gasteiger partial charge in [-0.15, -0.1) is 0 Å². The van der Waals surface area contributed by atoms with Crippen molar-refractivity contribution in [3.8, 4) is 11.1 Å². The summed E-state index contributed by atoms with van der Waals surface area (Å²) in [4.78, 5) is 31.1. The van der Waals surface area contributed by atoms with Crippen LogP contribution in [0.4, 0.5) is 23.2 Å². The molecule has 1 N–H and O–H groups in total. The molecule has 3 fully saturated rings. The molecule has 2 saturated heterocycles. The summed E-state index contributed by atoms with van der Waals surface area (Å²) in [7, 11) is 1.98. The number of alkyl halides is 3. The fraction of sp³-hybridized carbons (Fsp3) is 0.447. The van der Waals surface area contributed by atoms with Crippen LogP contribution in [0.15, 0.2) is 60.7 Å². The molecule has 1 amide bonds. The van der Waals surface area contributed by atoms with E-state index in [2.05, 4.69) is 10.3 Å². The number of benzene rings is 3. The van der Waals surface area contributed by atoms with Gasteiger partial charge in [-0.25, -0.2) is 9.37 Å². The van der Waals surface area contributed by atoms with Gasteiger partial charge >= 0.3 is 6.18 Å². The Kier molecular flexibility index (Phi) is 9.08. The van der Waals surface area contributed by atoms with Crippen molar-refractivity contribution >= 4 is 28.9 Å². The molecule has 49 heavy (non-hydrogen) atoms. The van der Waals surface area contributed by atoms with Gasteiger partial charge in [0.05, 0.1) is 46.5 Å². The SMILES string of the molecule is Cc1nc2cc(-c3ccc(C4CC(OCC5CC6CCC(C5)O6)CC(C(=O)Nc5ccc(C(F)(F)F)cc5F)[C@@H]4C=O)cc3)ccc2n1C. The molecule has 6 atom stereocenters. The second-order valence-corrected chi connectivity index (χ2v) is 13.9. The standard InChI is InChI=1S/C38H39F4N3O4/c1-21-43-35-15-25(7-12-36(35)45(21)2)23-3-5-24(6-4-23)30-17-29(48-20-22-13-27-9-10-28(14-22)49-27)18-31(32(30)19-46)37(47)44-34-11-8-26(16-33(34)39)38(40,41)42/h3-8,11-12,15-16,19,22,27-32H,9-10,13-14,17-18,20H2,1-2H3,(H,44,47)/t22?,27?,28?,29?,30?,31?,32-/m1/s1. The molecule has 1 saturated carbocycles. The van der Waals surface area contributed by atoms with Crippen LogP contribution in [0.25, 0.3) is 22.2 Å². The number of hydrogen-bond acceptors (Lipinski definition) is 5. The van der Waals surface area contributed by atoms with Crippen LogP contribution < -0.4 is 5.32 Å². The van der Waals surface area contributed by atoms with E-state index in [-0.39, 0.29) is 36.3 Å². The molecule has 1 aromatic heterocycles. The molecule has 4 aromatic rings. The van der Waals surface area contributed by atoms with E-state index in [1.54, 1.807) is 0 Å². The van der Waals surface area contributed by atoms with Gasteiger partial charge in [0.2, 0.25) is 5.91 Å². The van der Waals surface area contributed by atoms with Crippen LogP contribution in [0, 0.1) is 30.5 Å². The van der Waals surface area contributed by atoms with Crippen molar-refractivity contribution in [2.75, 3.05) is 11.9 Å². The number of amides is 1. The van der Waals surface area contributed by atoms with E-state index in [9.17, 15) is 27.2 Å². The van der Waals surface area contributed by atoms with Gasteiger partial charge in [-0.2, -0.15) is 13.2 Å². The minimum absolute atomic E-state index is 0.228. The number of fused-ring (bicyclic) bond motifs is 3. The first-order valence-corrected chi connectivity index (χ1v) is 16.9. The summed E-state index contributed by atoms with van der Waals surface area (Å²) < 4.78 is 68.7. The zero-order valence-corrected chi connectivity index (χ0v) is 27.4. The number of nitrogens with zero attached hydrogens (tertiary/aromatic N) is 2. The Hall–Kier alpha value is -4.09. The summed E-state index contributed by atoms with van der Waals surface area (Å²) in [5.74, 6) is -2.59. The number of anilines is 1. The van der Waals surface area contributed by atoms with Crippen molar-refractivity contribution in [1.29, 1.82) is 0 Å². The Morgan fingerprint density at radius 1 is 1.00 bits per heavy atom. The highest BCUT2D eigenvalue weighted by Gasteiger charge is 2.43. The number of hydrogen-bond donors (Lipinski definition) is 1. The Labute approximate surface area is 282 Å². The molecule has 0 radical (unpaired) electrons. The molecule has 11 heteroatoms. The minimum Gasteiger partial charge on any atom is -0.378 e. The monoisotopic (exact) mass is 677 g/mol. The smallest absolute Gasteiger partial charge is 0.378 e. The first kappa shape index (κ1) is 33.4. The van der Waals surface area contributed by atoms with Crippen LogP contribution in [0.2, 0.25) is 0 Å². The second kappa shape index (κ2) is 13.3. The fourth-order valence-corrected chi connectivity index (χ4v) is 8.04. The quantitative estimate of drug-likeness (QED) is 0.151. The Morgan fingerprint density at radius 2 is 1.71 bits per heavy atom. The summed E-state index contributed by atoms with van der Waals surface area (Å²) in [6, 6.07) is 16.0. The molecular weight excluding hydrogens is 638 g/mol. The maximum Gasteiger partial charge on any atom is 0.416 e. The zero-order valence-electron chi connectivity index (χ0n) is 27.4. The van der Waals surface area contributed by atoms with Crippen LogP contribution >= 0.6 is 0 Å². The van der Waals surface area contributed by atoms with Crippen LogP contribution in [0.5, 0.6) is 0 Å². The highest BCUT2D eigenvalue weighted by molar-refractivity contribution is 5.94. The highest BCUT2D eigenvalue weighted by Crippen LogP contribution is 2.44. The number of carbonyl (C=O) groups excluding carboxylic acids is 2. The lowest BCUT2D eigenvalue weighted by molar-refractivity contribution is -0.137. The number of aromatic nitrogens is 2. The Bertz CT molecular complexity index is 1840. The molecule has 2 aliphatic heterocycles. The van der Waals surface area contributed by atoms with Crippen molar-refractivity contribution < 1.29 is 36.6 Å². The lowest BCUT2D eigenvalue weighted by Gasteiger charge is -2.40. The van der Waals surface area contributed by atoms with Gasteiger partial charge < -0.3 is 24.2 Å². The molecule has 3 aromatic carbocycles. The van der Waals surface area contributed by atoms with Crippen molar-refractivity contribution in [2.24, 2.45) is 24.8 Å². The topological polar surface area (TPSA) is 82.5 Å². The molecular formula is C38H39F4N3O4. The lowest BCUT2D eigenvalue weighted by atomic mass is 9.68. The van der Waals surface area contributed by atoms with Crippen LogP contribution in [0.1, 0.15) is 61.4 Å². The maximum absolute atomic E-state index is 14.8. The van der Waals surface area contributed by atoms with Gasteiger partial charge in [0.15, 0.2) is 0 Å².